The highest BCUT2D eigenvalue weighted by atomic mass is 35.5. The zero-order chi connectivity index (χ0) is 10.6. The molecule has 0 aliphatic rings. The summed E-state index contributed by atoms with van der Waals surface area (Å²) in [4.78, 5) is 11.4. The van der Waals surface area contributed by atoms with Gasteiger partial charge in [-0.05, 0) is 25.1 Å². The maximum absolute atomic E-state index is 11.4. The zero-order valence-corrected chi connectivity index (χ0v) is 9.10. The van der Waals surface area contributed by atoms with Crippen LogP contribution in [0.4, 0.5) is 0 Å². The molecule has 14 heavy (non-hydrogen) atoms. The highest BCUT2D eigenvalue weighted by Crippen LogP contribution is 2.23. The van der Waals surface area contributed by atoms with Crippen LogP contribution >= 0.6 is 11.6 Å². The molecule has 0 spiro atoms. The molecule has 0 saturated carbocycles. The molecule has 76 valence electrons. The molecule has 3 heteroatoms. The molecule has 0 aliphatic heterocycles. The number of hydrogen-bond donors (Lipinski definition) is 0. The summed E-state index contributed by atoms with van der Waals surface area (Å²) in [6.07, 6.45) is 0.466. The molecule has 0 amide bonds. The van der Waals surface area contributed by atoms with Gasteiger partial charge in [-0.25, -0.2) is 0 Å². The summed E-state index contributed by atoms with van der Waals surface area (Å²) in [5.74, 6) is 0.753. The van der Waals surface area contributed by atoms with Crippen LogP contribution < -0.4 is 4.74 Å². The first-order valence-electron chi connectivity index (χ1n) is 4.64. The van der Waals surface area contributed by atoms with Gasteiger partial charge < -0.3 is 4.74 Å². The number of carbonyl (C=O) groups is 1. The van der Waals surface area contributed by atoms with Gasteiger partial charge >= 0.3 is 0 Å². The first kappa shape index (κ1) is 11.1. The highest BCUT2D eigenvalue weighted by Gasteiger charge is 2.08. The third kappa shape index (κ3) is 2.48. The van der Waals surface area contributed by atoms with Crippen LogP contribution in [0, 0.1) is 0 Å². The van der Waals surface area contributed by atoms with Gasteiger partial charge in [0.2, 0.25) is 0 Å². The van der Waals surface area contributed by atoms with Crippen molar-refractivity contribution in [2.24, 2.45) is 0 Å². The molecule has 0 radical (unpaired) electrons. The number of ketones is 1. The van der Waals surface area contributed by atoms with Crippen molar-refractivity contribution in [3.05, 3.63) is 28.8 Å². The van der Waals surface area contributed by atoms with Gasteiger partial charge in [-0.2, -0.15) is 0 Å². The third-order valence-electron chi connectivity index (χ3n) is 1.87. The van der Waals surface area contributed by atoms with Crippen molar-refractivity contribution >= 4 is 17.4 Å². The Bertz CT molecular complexity index is 334. The number of halogens is 1. The third-order valence-corrected chi connectivity index (χ3v) is 2.19. The van der Waals surface area contributed by atoms with Crippen molar-refractivity contribution < 1.29 is 9.53 Å². The van der Waals surface area contributed by atoms with E-state index in [1.54, 1.807) is 18.2 Å². The SMILES string of the molecule is CCOc1ccc(C(=O)CC)c(Cl)c1. The number of ether oxygens (including phenoxy) is 1. The Labute approximate surface area is 88.8 Å². The minimum absolute atomic E-state index is 0.0537. The predicted octanol–water partition coefficient (Wildman–Crippen LogP) is 3.33. The molecule has 2 nitrogen and oxygen atoms in total. The van der Waals surface area contributed by atoms with Crippen molar-refractivity contribution in [3.8, 4) is 5.75 Å². The Morgan fingerprint density at radius 1 is 1.43 bits per heavy atom. The molecule has 0 bridgehead atoms. The summed E-state index contributed by atoms with van der Waals surface area (Å²) in [5, 5.41) is 0.461. The van der Waals surface area contributed by atoms with E-state index >= 15 is 0 Å². The molecule has 1 aromatic rings. The van der Waals surface area contributed by atoms with Crippen LogP contribution in [0.1, 0.15) is 30.6 Å². The molecule has 0 unspecified atom stereocenters. The number of Topliss-reactive ketones (excluding diaryl/α,β-unsaturated/α-hetero) is 1. The minimum atomic E-state index is 0.0537. The molecule has 0 fully saturated rings. The van der Waals surface area contributed by atoms with E-state index in [0.29, 0.717) is 29.4 Å². The maximum atomic E-state index is 11.4. The molecular weight excluding hydrogens is 200 g/mol. The Hall–Kier alpha value is -1.02. The summed E-state index contributed by atoms with van der Waals surface area (Å²) < 4.78 is 5.26. The van der Waals surface area contributed by atoms with E-state index in [-0.39, 0.29) is 5.78 Å². The van der Waals surface area contributed by atoms with Crippen LogP contribution in [0.25, 0.3) is 0 Å². The van der Waals surface area contributed by atoms with Crippen molar-refractivity contribution in [3.63, 3.8) is 0 Å². The van der Waals surface area contributed by atoms with E-state index < -0.39 is 0 Å². The fourth-order valence-electron chi connectivity index (χ4n) is 1.17. The Kier molecular flexibility index (Phi) is 3.96. The molecule has 0 N–H and O–H groups in total. The lowest BCUT2D eigenvalue weighted by Crippen LogP contribution is -1.98. The van der Waals surface area contributed by atoms with Crippen LogP contribution in [0.5, 0.6) is 5.75 Å². The van der Waals surface area contributed by atoms with Crippen molar-refractivity contribution in [2.45, 2.75) is 20.3 Å². The average molecular weight is 213 g/mol. The van der Waals surface area contributed by atoms with Gasteiger partial charge in [0, 0.05) is 12.0 Å². The monoisotopic (exact) mass is 212 g/mol. The predicted molar refractivity (Wildman–Crippen MR) is 57.2 cm³/mol. The average Bonchev–Trinajstić information content (AvgIpc) is 2.17. The second kappa shape index (κ2) is 5.01. The van der Waals surface area contributed by atoms with Crippen LogP contribution in [0.3, 0.4) is 0 Å². The summed E-state index contributed by atoms with van der Waals surface area (Å²) >= 11 is 5.94. The minimum Gasteiger partial charge on any atom is -0.494 e. The number of hydrogen-bond acceptors (Lipinski definition) is 2. The molecule has 0 saturated heterocycles. The fourth-order valence-corrected chi connectivity index (χ4v) is 1.44. The van der Waals surface area contributed by atoms with Gasteiger partial charge in [0.1, 0.15) is 5.75 Å². The highest BCUT2D eigenvalue weighted by molar-refractivity contribution is 6.34. The normalized spacial score (nSPS) is 9.93. The van der Waals surface area contributed by atoms with Gasteiger partial charge in [0.25, 0.3) is 0 Å². The molecule has 1 aromatic carbocycles. The Balaban J connectivity index is 2.95. The first-order valence-corrected chi connectivity index (χ1v) is 5.02. The van der Waals surface area contributed by atoms with E-state index in [4.69, 9.17) is 16.3 Å². The molecule has 0 aromatic heterocycles. The van der Waals surface area contributed by atoms with E-state index in [1.807, 2.05) is 13.8 Å². The Morgan fingerprint density at radius 2 is 2.14 bits per heavy atom. The summed E-state index contributed by atoms with van der Waals surface area (Å²) in [6.45, 7) is 4.31. The Morgan fingerprint density at radius 3 is 2.64 bits per heavy atom. The smallest absolute Gasteiger partial charge is 0.164 e. The summed E-state index contributed by atoms with van der Waals surface area (Å²) in [6, 6.07) is 5.14. The quantitative estimate of drug-likeness (QED) is 0.716. The molecular formula is C11H13ClO2. The van der Waals surface area contributed by atoms with Crippen LogP contribution in [-0.2, 0) is 0 Å². The van der Waals surface area contributed by atoms with Gasteiger partial charge in [0.15, 0.2) is 5.78 Å². The maximum Gasteiger partial charge on any atom is 0.164 e. The lowest BCUT2D eigenvalue weighted by Gasteiger charge is -2.05. The number of carbonyl (C=O) groups excluding carboxylic acids is 1. The molecule has 0 heterocycles. The van der Waals surface area contributed by atoms with Crippen LogP contribution in [-0.4, -0.2) is 12.4 Å². The lowest BCUT2D eigenvalue weighted by molar-refractivity contribution is 0.0988. The summed E-state index contributed by atoms with van der Waals surface area (Å²) in [5.41, 5.74) is 0.567. The topological polar surface area (TPSA) is 26.3 Å². The van der Waals surface area contributed by atoms with E-state index in [2.05, 4.69) is 0 Å². The molecule has 0 aliphatic carbocycles. The van der Waals surface area contributed by atoms with E-state index in [0.717, 1.165) is 0 Å². The fraction of sp³-hybridized carbons (Fsp3) is 0.364. The van der Waals surface area contributed by atoms with E-state index in [9.17, 15) is 4.79 Å². The first-order chi connectivity index (χ1) is 6.69. The van der Waals surface area contributed by atoms with Gasteiger partial charge in [-0.3, -0.25) is 4.79 Å². The zero-order valence-electron chi connectivity index (χ0n) is 8.34. The van der Waals surface area contributed by atoms with Crippen molar-refractivity contribution in [1.29, 1.82) is 0 Å². The largest absolute Gasteiger partial charge is 0.494 e. The van der Waals surface area contributed by atoms with Gasteiger partial charge in [0.05, 0.1) is 11.6 Å². The summed E-state index contributed by atoms with van der Waals surface area (Å²) in [7, 11) is 0. The second-order valence-corrected chi connectivity index (χ2v) is 3.26. The number of rotatable bonds is 4. The van der Waals surface area contributed by atoms with Crippen LogP contribution in [0.2, 0.25) is 5.02 Å². The lowest BCUT2D eigenvalue weighted by atomic mass is 10.1. The van der Waals surface area contributed by atoms with Crippen molar-refractivity contribution in [1.82, 2.24) is 0 Å². The molecule has 0 atom stereocenters. The van der Waals surface area contributed by atoms with Crippen LogP contribution in [0.15, 0.2) is 18.2 Å². The molecule has 1 rings (SSSR count). The van der Waals surface area contributed by atoms with Gasteiger partial charge in [-0.1, -0.05) is 18.5 Å². The van der Waals surface area contributed by atoms with Crippen molar-refractivity contribution in [2.75, 3.05) is 6.61 Å². The number of benzene rings is 1. The standard InChI is InChI=1S/C11H13ClO2/c1-3-11(13)9-6-5-8(14-4-2)7-10(9)12/h5-7H,3-4H2,1-2H3. The second-order valence-electron chi connectivity index (χ2n) is 2.85. The van der Waals surface area contributed by atoms with E-state index in [1.165, 1.54) is 0 Å². The van der Waals surface area contributed by atoms with Gasteiger partial charge in [-0.15, -0.1) is 0 Å².